The summed E-state index contributed by atoms with van der Waals surface area (Å²) in [7, 11) is 0. The maximum Gasteiger partial charge on any atom is 0.123 e. The Morgan fingerprint density at radius 2 is 1.74 bits per heavy atom. The van der Waals surface area contributed by atoms with Gasteiger partial charge >= 0.3 is 0 Å². The Hall–Kier alpha value is -1.18. The lowest BCUT2D eigenvalue weighted by Crippen LogP contribution is -2.13. The van der Waals surface area contributed by atoms with Crippen molar-refractivity contribution in [2.24, 2.45) is 5.92 Å². The molecule has 1 aliphatic carbocycles. The van der Waals surface area contributed by atoms with E-state index in [-0.39, 0.29) is 5.82 Å². The van der Waals surface area contributed by atoms with Gasteiger partial charge in [-0.1, -0.05) is 24.6 Å². The van der Waals surface area contributed by atoms with Gasteiger partial charge in [-0.05, 0) is 68.1 Å². The Morgan fingerprint density at radius 3 is 2.37 bits per heavy atom. The summed E-state index contributed by atoms with van der Waals surface area (Å²) in [5, 5.41) is 0. The van der Waals surface area contributed by atoms with E-state index in [1.54, 1.807) is 18.2 Å². The van der Waals surface area contributed by atoms with Crippen LogP contribution in [-0.4, -0.2) is 0 Å². The van der Waals surface area contributed by atoms with Gasteiger partial charge in [0.25, 0.3) is 0 Å². The fraction of sp³-hybridized carbons (Fsp3) is 0.529. The summed E-state index contributed by atoms with van der Waals surface area (Å²) in [5.74, 6) is 1.24. The summed E-state index contributed by atoms with van der Waals surface area (Å²) in [6.07, 6.45) is 10.3. The minimum Gasteiger partial charge on any atom is -0.216 e. The molecule has 0 heterocycles. The van der Waals surface area contributed by atoms with Crippen molar-refractivity contribution < 1.29 is 8.78 Å². The molecule has 0 unspecified atom stereocenters. The maximum atomic E-state index is 12.9. The summed E-state index contributed by atoms with van der Waals surface area (Å²) >= 11 is 0. The zero-order chi connectivity index (χ0) is 13.5. The second kappa shape index (κ2) is 7.42. The summed E-state index contributed by atoms with van der Waals surface area (Å²) in [6, 6.07) is 6.97. The fourth-order valence-corrected chi connectivity index (χ4v) is 3.11. The van der Waals surface area contributed by atoms with Crippen LogP contribution in [0.3, 0.4) is 0 Å². The Kier molecular flexibility index (Phi) is 5.56. The van der Waals surface area contributed by atoms with E-state index in [2.05, 4.69) is 0 Å². The number of benzene rings is 1. The van der Waals surface area contributed by atoms with Crippen LogP contribution in [-0.2, 0) is 0 Å². The molecule has 19 heavy (non-hydrogen) atoms. The van der Waals surface area contributed by atoms with Gasteiger partial charge in [0.05, 0.1) is 6.33 Å². The summed E-state index contributed by atoms with van der Waals surface area (Å²) < 4.78 is 24.7. The van der Waals surface area contributed by atoms with E-state index in [1.807, 2.05) is 12.1 Å². The van der Waals surface area contributed by atoms with E-state index in [0.717, 1.165) is 18.8 Å². The Labute approximate surface area is 114 Å². The van der Waals surface area contributed by atoms with Crippen LogP contribution >= 0.6 is 0 Å². The highest BCUT2D eigenvalue weighted by Gasteiger charge is 2.21. The molecule has 1 fully saturated rings. The SMILES string of the molecule is FC=CCCCC1CCC(c2ccc(F)cc2)CC1. The molecule has 1 aromatic rings. The van der Waals surface area contributed by atoms with Crippen molar-refractivity contribution in [3.8, 4) is 0 Å². The lowest BCUT2D eigenvalue weighted by molar-refractivity contribution is 0.305. The third-order valence-electron chi connectivity index (χ3n) is 4.26. The molecule has 0 radical (unpaired) electrons. The van der Waals surface area contributed by atoms with Gasteiger partial charge in [-0.2, -0.15) is 0 Å². The van der Waals surface area contributed by atoms with Gasteiger partial charge in [-0.25, -0.2) is 8.78 Å². The van der Waals surface area contributed by atoms with E-state index >= 15 is 0 Å². The molecule has 0 bridgehead atoms. The van der Waals surface area contributed by atoms with Crippen LogP contribution in [0.5, 0.6) is 0 Å². The first-order valence-electron chi connectivity index (χ1n) is 7.30. The summed E-state index contributed by atoms with van der Waals surface area (Å²) in [4.78, 5) is 0. The summed E-state index contributed by atoms with van der Waals surface area (Å²) in [6.45, 7) is 0. The van der Waals surface area contributed by atoms with E-state index in [4.69, 9.17) is 0 Å². The monoisotopic (exact) mass is 264 g/mol. The van der Waals surface area contributed by atoms with E-state index in [0.29, 0.717) is 12.2 Å². The molecule has 2 rings (SSSR count). The highest BCUT2D eigenvalue weighted by atomic mass is 19.1. The fourth-order valence-electron chi connectivity index (χ4n) is 3.11. The molecule has 0 atom stereocenters. The van der Waals surface area contributed by atoms with Gasteiger partial charge in [0.2, 0.25) is 0 Å². The number of unbranched alkanes of at least 4 members (excludes halogenated alkanes) is 1. The number of halogens is 2. The Bertz CT molecular complexity index is 386. The van der Waals surface area contributed by atoms with Crippen molar-refractivity contribution in [1.82, 2.24) is 0 Å². The van der Waals surface area contributed by atoms with Crippen LogP contribution < -0.4 is 0 Å². The minimum atomic E-state index is -0.154. The number of allylic oxidation sites excluding steroid dienone is 1. The van der Waals surface area contributed by atoms with Crippen molar-refractivity contribution in [2.45, 2.75) is 50.9 Å². The maximum absolute atomic E-state index is 12.9. The van der Waals surface area contributed by atoms with Crippen LogP contribution in [0.25, 0.3) is 0 Å². The van der Waals surface area contributed by atoms with Crippen molar-refractivity contribution >= 4 is 0 Å². The molecule has 0 nitrogen and oxygen atoms in total. The molecule has 0 spiro atoms. The molecule has 0 N–H and O–H groups in total. The predicted octanol–water partition coefficient (Wildman–Crippen LogP) is 5.75. The molecule has 1 aliphatic rings. The van der Waals surface area contributed by atoms with Gasteiger partial charge in [-0.3, -0.25) is 0 Å². The lowest BCUT2D eigenvalue weighted by atomic mass is 9.77. The molecule has 0 aromatic heterocycles. The molecular weight excluding hydrogens is 242 g/mol. The summed E-state index contributed by atoms with van der Waals surface area (Å²) in [5.41, 5.74) is 1.28. The van der Waals surface area contributed by atoms with Crippen molar-refractivity contribution in [2.75, 3.05) is 0 Å². The van der Waals surface area contributed by atoms with Crippen LogP contribution in [0.4, 0.5) is 8.78 Å². The Balaban J connectivity index is 1.74. The first-order valence-corrected chi connectivity index (χ1v) is 7.30. The Morgan fingerprint density at radius 1 is 1.05 bits per heavy atom. The second-order valence-electron chi connectivity index (χ2n) is 5.56. The lowest BCUT2D eigenvalue weighted by Gasteiger charge is -2.28. The molecular formula is C17H22F2. The van der Waals surface area contributed by atoms with E-state index in [9.17, 15) is 8.78 Å². The van der Waals surface area contributed by atoms with Crippen molar-refractivity contribution in [3.05, 3.63) is 48.1 Å². The van der Waals surface area contributed by atoms with Crippen molar-refractivity contribution in [3.63, 3.8) is 0 Å². The number of hydrogen-bond donors (Lipinski definition) is 0. The van der Waals surface area contributed by atoms with Gasteiger partial charge in [0.1, 0.15) is 5.82 Å². The van der Waals surface area contributed by atoms with Crippen LogP contribution in [0.2, 0.25) is 0 Å². The smallest absolute Gasteiger partial charge is 0.123 e. The standard InChI is InChI=1S/C17H22F2/c18-13-3-1-2-4-14-5-7-15(8-6-14)16-9-11-17(19)12-10-16/h3,9-15H,1-2,4-8H2. The van der Waals surface area contributed by atoms with E-state index < -0.39 is 0 Å². The molecule has 0 saturated heterocycles. The molecule has 104 valence electrons. The molecule has 2 heteroatoms. The zero-order valence-corrected chi connectivity index (χ0v) is 11.3. The second-order valence-corrected chi connectivity index (χ2v) is 5.56. The normalized spacial score (nSPS) is 23.9. The van der Waals surface area contributed by atoms with E-state index in [1.165, 1.54) is 37.7 Å². The predicted molar refractivity (Wildman–Crippen MR) is 75.2 cm³/mol. The molecule has 1 aromatic carbocycles. The van der Waals surface area contributed by atoms with Gasteiger partial charge in [0, 0.05) is 0 Å². The molecule has 1 saturated carbocycles. The third kappa shape index (κ3) is 4.45. The number of hydrogen-bond acceptors (Lipinski definition) is 0. The quantitative estimate of drug-likeness (QED) is 0.594. The van der Waals surface area contributed by atoms with Gasteiger partial charge < -0.3 is 0 Å². The topological polar surface area (TPSA) is 0 Å². The molecule has 0 aliphatic heterocycles. The zero-order valence-electron chi connectivity index (χ0n) is 11.3. The third-order valence-corrected chi connectivity index (χ3v) is 4.26. The van der Waals surface area contributed by atoms with Crippen molar-refractivity contribution in [1.29, 1.82) is 0 Å². The highest BCUT2D eigenvalue weighted by molar-refractivity contribution is 5.20. The highest BCUT2D eigenvalue weighted by Crippen LogP contribution is 2.37. The van der Waals surface area contributed by atoms with Gasteiger partial charge in [-0.15, -0.1) is 0 Å². The average Bonchev–Trinajstić information content (AvgIpc) is 2.45. The van der Waals surface area contributed by atoms with Crippen LogP contribution in [0.1, 0.15) is 56.4 Å². The number of rotatable bonds is 5. The van der Waals surface area contributed by atoms with Gasteiger partial charge in [0.15, 0.2) is 0 Å². The van der Waals surface area contributed by atoms with Crippen LogP contribution in [0.15, 0.2) is 36.7 Å². The van der Waals surface area contributed by atoms with Crippen LogP contribution in [0, 0.1) is 11.7 Å². The average molecular weight is 264 g/mol. The first kappa shape index (κ1) is 14.2. The first-order chi connectivity index (χ1) is 9.29. The minimum absolute atomic E-state index is 0.154. The molecule has 0 amide bonds. The largest absolute Gasteiger partial charge is 0.216 e.